The summed E-state index contributed by atoms with van der Waals surface area (Å²) in [7, 11) is 3.62. The van der Waals surface area contributed by atoms with Gasteiger partial charge in [0.2, 0.25) is 11.8 Å². The molecule has 0 saturated carbocycles. The lowest BCUT2D eigenvalue weighted by Crippen LogP contribution is -2.59. The second-order valence-electron chi connectivity index (χ2n) is 9.64. The molecule has 1 saturated heterocycles. The van der Waals surface area contributed by atoms with Gasteiger partial charge in [0, 0.05) is 12.6 Å². The maximum Gasteiger partial charge on any atom is 0.331 e. The Labute approximate surface area is 175 Å². The molecule has 1 fully saturated rings. The Morgan fingerprint density at radius 3 is 2.24 bits per heavy atom. The zero-order valence-electron chi connectivity index (χ0n) is 19.3. The van der Waals surface area contributed by atoms with Crippen molar-refractivity contribution in [1.82, 2.24) is 15.1 Å². The van der Waals surface area contributed by atoms with E-state index in [1.807, 2.05) is 46.6 Å². The molecule has 0 radical (unpaired) electrons. The van der Waals surface area contributed by atoms with Gasteiger partial charge in [0.05, 0.1) is 12.1 Å². The van der Waals surface area contributed by atoms with Crippen LogP contribution in [-0.4, -0.2) is 71.5 Å². The number of hydrogen-bond acceptors (Lipinski definition) is 4. The van der Waals surface area contributed by atoms with Gasteiger partial charge in [0.25, 0.3) is 0 Å². The highest BCUT2D eigenvalue weighted by Gasteiger charge is 2.39. The van der Waals surface area contributed by atoms with E-state index in [0.29, 0.717) is 0 Å². The summed E-state index contributed by atoms with van der Waals surface area (Å²) in [6.45, 7) is 12.1. The summed E-state index contributed by atoms with van der Waals surface area (Å²) in [6.07, 6.45) is 4.49. The average molecular weight is 410 g/mol. The van der Waals surface area contributed by atoms with Gasteiger partial charge in [-0.1, -0.05) is 47.1 Å². The van der Waals surface area contributed by atoms with Crippen molar-refractivity contribution in [1.29, 1.82) is 0 Å². The molecular formula is C22H39N3O4. The molecule has 29 heavy (non-hydrogen) atoms. The quantitative estimate of drug-likeness (QED) is 0.631. The van der Waals surface area contributed by atoms with E-state index in [4.69, 9.17) is 0 Å². The summed E-state index contributed by atoms with van der Waals surface area (Å²) in [6, 6.07) is -1.30. The van der Waals surface area contributed by atoms with Gasteiger partial charge in [0.1, 0.15) is 6.04 Å². The molecular weight excluding hydrogens is 370 g/mol. The van der Waals surface area contributed by atoms with Crippen LogP contribution in [0.1, 0.15) is 60.8 Å². The minimum Gasteiger partial charge on any atom is -0.478 e. The molecule has 7 nitrogen and oxygen atoms in total. The van der Waals surface area contributed by atoms with Crippen LogP contribution < -0.4 is 5.32 Å². The van der Waals surface area contributed by atoms with Crippen molar-refractivity contribution in [2.75, 3.05) is 20.6 Å². The van der Waals surface area contributed by atoms with Crippen LogP contribution in [-0.2, 0) is 14.4 Å². The van der Waals surface area contributed by atoms with Gasteiger partial charge < -0.3 is 15.3 Å². The van der Waals surface area contributed by atoms with Crippen molar-refractivity contribution in [2.24, 2.45) is 11.3 Å². The van der Waals surface area contributed by atoms with Gasteiger partial charge >= 0.3 is 5.97 Å². The minimum atomic E-state index is -1.00. The molecule has 0 aromatic rings. The Hall–Kier alpha value is -1.89. The predicted octanol–water partition coefficient (Wildman–Crippen LogP) is 2.52. The van der Waals surface area contributed by atoms with Crippen LogP contribution in [0.3, 0.4) is 0 Å². The molecule has 0 aromatic carbocycles. The molecule has 1 heterocycles. The summed E-state index contributed by atoms with van der Waals surface area (Å²) in [4.78, 5) is 41.2. The van der Waals surface area contributed by atoms with Crippen LogP contribution in [0.25, 0.3) is 0 Å². The molecule has 1 rings (SSSR count). The maximum atomic E-state index is 13.4. The topological polar surface area (TPSA) is 90.0 Å². The highest BCUT2D eigenvalue weighted by molar-refractivity contribution is 5.91. The maximum absolute atomic E-state index is 13.4. The Morgan fingerprint density at radius 2 is 1.79 bits per heavy atom. The van der Waals surface area contributed by atoms with E-state index in [1.54, 1.807) is 18.0 Å². The van der Waals surface area contributed by atoms with Crippen LogP contribution >= 0.6 is 0 Å². The molecule has 3 atom stereocenters. The number of carboxylic acid groups (broad SMARTS) is 1. The van der Waals surface area contributed by atoms with Crippen molar-refractivity contribution in [3.8, 4) is 0 Å². The molecule has 2 N–H and O–H groups in total. The van der Waals surface area contributed by atoms with Gasteiger partial charge in [-0.15, -0.1) is 0 Å². The molecule has 1 unspecified atom stereocenters. The van der Waals surface area contributed by atoms with Crippen molar-refractivity contribution in [3.05, 3.63) is 11.6 Å². The first-order valence-corrected chi connectivity index (χ1v) is 10.5. The molecule has 0 aliphatic carbocycles. The van der Waals surface area contributed by atoms with Crippen molar-refractivity contribution >= 4 is 17.8 Å². The zero-order valence-corrected chi connectivity index (χ0v) is 19.3. The molecule has 0 aromatic heterocycles. The first-order valence-electron chi connectivity index (χ1n) is 10.5. The van der Waals surface area contributed by atoms with E-state index in [2.05, 4.69) is 5.32 Å². The molecule has 1 aliphatic heterocycles. The number of carboxylic acids is 1. The summed E-state index contributed by atoms with van der Waals surface area (Å²) in [5.74, 6) is -1.30. The largest absolute Gasteiger partial charge is 0.478 e. The number of likely N-dealkylation sites (N-methyl/N-ethyl adjacent to an activating group) is 2. The second-order valence-corrected chi connectivity index (χ2v) is 9.64. The van der Waals surface area contributed by atoms with Crippen LogP contribution in [0.15, 0.2) is 11.6 Å². The van der Waals surface area contributed by atoms with E-state index in [0.717, 1.165) is 25.8 Å². The fraction of sp³-hybridized carbons (Fsp3) is 0.773. The van der Waals surface area contributed by atoms with Crippen molar-refractivity contribution in [2.45, 2.75) is 78.9 Å². The highest BCUT2D eigenvalue weighted by atomic mass is 16.4. The lowest BCUT2D eigenvalue weighted by atomic mass is 9.84. The van der Waals surface area contributed by atoms with E-state index >= 15 is 0 Å². The number of nitrogens with zero attached hydrogens (tertiary/aromatic N) is 2. The number of carbonyl (C=O) groups excluding carboxylic acids is 2. The molecule has 1 aliphatic rings. The fourth-order valence-electron chi connectivity index (χ4n) is 3.72. The number of hydrogen-bond donors (Lipinski definition) is 2. The summed E-state index contributed by atoms with van der Waals surface area (Å²) in [5.41, 5.74) is -0.287. The second kappa shape index (κ2) is 10.2. The molecule has 166 valence electrons. The number of carbonyl (C=O) groups is 3. The molecule has 0 bridgehead atoms. The predicted molar refractivity (Wildman–Crippen MR) is 114 cm³/mol. The third-order valence-corrected chi connectivity index (χ3v) is 5.71. The van der Waals surface area contributed by atoms with Gasteiger partial charge in [-0.3, -0.25) is 14.5 Å². The van der Waals surface area contributed by atoms with E-state index < -0.39 is 17.4 Å². The number of nitrogens with one attached hydrogen (secondary N) is 1. The lowest BCUT2D eigenvalue weighted by molar-refractivity contribution is -0.141. The summed E-state index contributed by atoms with van der Waals surface area (Å²) in [5, 5.41) is 12.2. The van der Waals surface area contributed by atoms with Crippen LogP contribution in [0, 0.1) is 11.3 Å². The first kappa shape index (κ1) is 25.1. The number of piperidine rings is 1. The summed E-state index contributed by atoms with van der Waals surface area (Å²) >= 11 is 0. The van der Waals surface area contributed by atoms with Gasteiger partial charge in [0.15, 0.2) is 0 Å². The minimum absolute atomic E-state index is 0.0269. The van der Waals surface area contributed by atoms with Crippen LogP contribution in [0.4, 0.5) is 0 Å². The molecule has 7 heteroatoms. The van der Waals surface area contributed by atoms with Crippen molar-refractivity contribution in [3.63, 3.8) is 0 Å². The number of aliphatic carboxylic acids is 1. The SMILES string of the molecule is C/C(=C\C(C(C)C)N(C)C(=O)[C@H](NC(=O)[C@@H]1CCCCN1C)C(C)(C)C)C(=O)O. The number of rotatable bonds is 7. The Morgan fingerprint density at radius 1 is 1.21 bits per heavy atom. The Kier molecular flexibility index (Phi) is 8.87. The van der Waals surface area contributed by atoms with E-state index in [-0.39, 0.29) is 35.4 Å². The van der Waals surface area contributed by atoms with Crippen LogP contribution in [0.5, 0.6) is 0 Å². The highest BCUT2D eigenvalue weighted by Crippen LogP contribution is 2.25. The smallest absolute Gasteiger partial charge is 0.331 e. The summed E-state index contributed by atoms with van der Waals surface area (Å²) < 4.78 is 0. The molecule has 0 spiro atoms. The van der Waals surface area contributed by atoms with Gasteiger partial charge in [-0.25, -0.2) is 4.79 Å². The zero-order chi connectivity index (χ0) is 22.5. The lowest BCUT2D eigenvalue weighted by Gasteiger charge is -2.39. The number of amides is 2. The third kappa shape index (κ3) is 6.84. The Bertz CT molecular complexity index is 636. The number of likely N-dealkylation sites (tertiary alicyclic amines) is 1. The Balaban J connectivity index is 3.10. The van der Waals surface area contributed by atoms with Crippen molar-refractivity contribution < 1.29 is 19.5 Å². The standard InChI is InChI=1S/C22H39N3O4/c1-14(2)17(13-15(3)21(28)29)25(8)20(27)18(22(4,5)6)23-19(26)16-11-9-10-12-24(16)7/h13-14,16-18H,9-12H2,1-8H3,(H,23,26)(H,28,29)/b15-13+/t16-,17?,18-/m0/s1. The monoisotopic (exact) mass is 409 g/mol. The fourth-order valence-corrected chi connectivity index (χ4v) is 3.72. The van der Waals surface area contributed by atoms with Gasteiger partial charge in [-0.2, -0.15) is 0 Å². The van der Waals surface area contributed by atoms with E-state index in [9.17, 15) is 19.5 Å². The average Bonchev–Trinajstić information content (AvgIpc) is 2.61. The normalized spacial score (nSPS) is 20.9. The van der Waals surface area contributed by atoms with Gasteiger partial charge in [-0.05, 0) is 44.7 Å². The first-order chi connectivity index (χ1) is 13.3. The van der Waals surface area contributed by atoms with Crippen LogP contribution in [0.2, 0.25) is 0 Å². The third-order valence-electron chi connectivity index (χ3n) is 5.71. The molecule has 2 amide bonds. The van der Waals surface area contributed by atoms with E-state index in [1.165, 1.54) is 6.92 Å².